The van der Waals surface area contributed by atoms with Gasteiger partial charge in [-0.1, -0.05) is 12.1 Å². The van der Waals surface area contributed by atoms with Crippen molar-refractivity contribution >= 4 is 56.4 Å². The van der Waals surface area contributed by atoms with Gasteiger partial charge in [-0.15, -0.1) is 0 Å². The highest BCUT2D eigenvalue weighted by atomic mass is 19.1. The molecule has 12 rings (SSSR count). The number of aromatic nitrogens is 5. The van der Waals surface area contributed by atoms with Crippen LogP contribution in [0, 0.1) is 11.6 Å². The average Bonchev–Trinajstić information content (AvgIpc) is 4.15. The number of benzene rings is 3. The summed E-state index contributed by atoms with van der Waals surface area (Å²) in [4.78, 5) is 73.3. The van der Waals surface area contributed by atoms with E-state index >= 15 is 8.78 Å². The number of nitrogens with zero attached hydrogens (tertiary/aromatic N) is 9. The van der Waals surface area contributed by atoms with E-state index in [4.69, 9.17) is 14.5 Å². The molecular weight excluding hydrogens is 1010 g/mol. The number of imide groups is 1. The quantitative estimate of drug-likeness (QED) is 0.112. The normalized spacial score (nSPS) is 25.3. The molecule has 0 radical (unpaired) electrons. The van der Waals surface area contributed by atoms with E-state index in [0.29, 0.717) is 60.0 Å². The molecular formula is C57H65F3N10O8. The number of halogens is 3. The summed E-state index contributed by atoms with van der Waals surface area (Å²) in [6, 6.07) is 11.9. The topological polar surface area (TPSA) is 201 Å². The van der Waals surface area contributed by atoms with Crippen LogP contribution in [0.2, 0.25) is 0 Å². The van der Waals surface area contributed by atoms with Crippen LogP contribution in [0.3, 0.4) is 0 Å². The van der Waals surface area contributed by atoms with E-state index in [2.05, 4.69) is 25.1 Å². The zero-order valence-corrected chi connectivity index (χ0v) is 44.0. The number of piperidine rings is 4. The van der Waals surface area contributed by atoms with Crippen LogP contribution in [0.15, 0.2) is 59.5 Å². The molecule has 18 nitrogen and oxygen atoms in total. The van der Waals surface area contributed by atoms with E-state index in [1.54, 1.807) is 23.4 Å². The number of carbonyl (C=O) groups excluding carboxylic acids is 3. The number of hydrogen-bond donors (Lipinski definition) is 3. The van der Waals surface area contributed by atoms with Crippen molar-refractivity contribution in [2.24, 2.45) is 7.05 Å². The van der Waals surface area contributed by atoms with Crippen LogP contribution >= 0.6 is 0 Å². The smallest absolute Gasteiger partial charge is 0.409 e. The lowest BCUT2D eigenvalue weighted by atomic mass is 9.87. The molecule has 4 atom stereocenters. The number of aryl methyl sites for hydroxylation is 1. The molecule has 78 heavy (non-hydrogen) atoms. The number of ether oxygens (including phenoxy) is 2. The Kier molecular flexibility index (Phi) is 13.4. The van der Waals surface area contributed by atoms with Crippen molar-refractivity contribution in [1.29, 1.82) is 0 Å². The summed E-state index contributed by atoms with van der Waals surface area (Å²) < 4.78 is 63.6. The first kappa shape index (κ1) is 51.9. The molecule has 6 aliphatic heterocycles. The van der Waals surface area contributed by atoms with Crippen LogP contribution in [0.4, 0.5) is 23.8 Å². The monoisotopic (exact) mass is 1070 g/mol. The van der Waals surface area contributed by atoms with Gasteiger partial charge in [-0.2, -0.15) is 9.97 Å². The number of phenols is 1. The van der Waals surface area contributed by atoms with Crippen LogP contribution in [-0.4, -0.2) is 155 Å². The Balaban J connectivity index is 0.662. The van der Waals surface area contributed by atoms with E-state index in [9.17, 15) is 33.8 Å². The summed E-state index contributed by atoms with van der Waals surface area (Å²) in [5.41, 5.74) is -0.728. The summed E-state index contributed by atoms with van der Waals surface area (Å²) >= 11 is 0. The van der Waals surface area contributed by atoms with Crippen molar-refractivity contribution in [1.82, 2.24) is 44.1 Å². The number of amides is 3. The largest absolute Gasteiger partial charge is 0.508 e. The van der Waals surface area contributed by atoms with E-state index in [1.807, 2.05) is 23.1 Å². The molecule has 6 fully saturated rings. The van der Waals surface area contributed by atoms with Gasteiger partial charge in [-0.05, 0) is 143 Å². The Labute approximate surface area is 448 Å². The summed E-state index contributed by atoms with van der Waals surface area (Å²) in [6.07, 6.45) is 7.99. The fourth-order valence-electron chi connectivity index (χ4n) is 13.6. The third-order valence-electron chi connectivity index (χ3n) is 17.8. The van der Waals surface area contributed by atoms with Gasteiger partial charge in [0, 0.05) is 76.8 Å². The number of anilines is 1. The van der Waals surface area contributed by atoms with Gasteiger partial charge in [0.2, 0.25) is 11.8 Å². The molecule has 6 aliphatic rings. The van der Waals surface area contributed by atoms with Gasteiger partial charge in [-0.25, -0.2) is 22.8 Å². The maximum Gasteiger partial charge on any atom is 0.409 e. The van der Waals surface area contributed by atoms with Gasteiger partial charge in [0.25, 0.3) is 0 Å². The van der Waals surface area contributed by atoms with Crippen molar-refractivity contribution in [3.8, 4) is 23.0 Å². The van der Waals surface area contributed by atoms with E-state index in [0.717, 1.165) is 56.1 Å². The molecule has 412 valence electrons. The number of likely N-dealkylation sites (tertiary alicyclic amines) is 2. The molecule has 9 heterocycles. The second-order valence-corrected chi connectivity index (χ2v) is 23.1. The van der Waals surface area contributed by atoms with Crippen LogP contribution in [0.1, 0.15) is 101 Å². The Morgan fingerprint density at radius 1 is 0.872 bits per heavy atom. The first-order valence-electron chi connectivity index (χ1n) is 27.5. The summed E-state index contributed by atoms with van der Waals surface area (Å²) in [7, 11) is 1.69. The van der Waals surface area contributed by atoms with Crippen molar-refractivity contribution in [2.45, 2.75) is 119 Å². The minimum Gasteiger partial charge on any atom is -0.508 e. The number of nitrogens with one attached hydrogen (secondary N) is 1. The molecule has 1 unspecified atom stereocenters. The average molecular weight is 1080 g/mol. The molecule has 21 heteroatoms. The zero-order valence-electron chi connectivity index (χ0n) is 44.0. The number of pyridine rings is 1. The molecule has 3 N–H and O–H groups in total. The van der Waals surface area contributed by atoms with Crippen LogP contribution in [-0.2, 0) is 21.4 Å². The molecule has 0 saturated carbocycles. The van der Waals surface area contributed by atoms with Gasteiger partial charge in [0.05, 0.1) is 27.6 Å². The number of fused-ring (bicyclic) bond motifs is 4. The number of phenolic OH excluding ortho intramolecular Hbond substituents is 1. The highest BCUT2D eigenvalue weighted by molar-refractivity contribution is 6.01. The molecule has 0 spiro atoms. The third-order valence-corrected chi connectivity index (χ3v) is 17.8. The Morgan fingerprint density at radius 2 is 1.67 bits per heavy atom. The van der Waals surface area contributed by atoms with E-state index in [-0.39, 0.29) is 117 Å². The molecule has 6 saturated heterocycles. The van der Waals surface area contributed by atoms with Gasteiger partial charge in [-0.3, -0.25) is 33.9 Å². The maximum absolute atomic E-state index is 17.0. The Bertz CT molecular complexity index is 3430. The lowest BCUT2D eigenvalue weighted by Gasteiger charge is -2.41. The molecule has 3 amide bonds. The minimum atomic E-state index is -1.45. The predicted octanol–water partition coefficient (Wildman–Crippen LogP) is 7.01. The minimum absolute atomic E-state index is 0.0502. The number of β-amino-alcohol motifs (C(OH)–C–C–N with tert-alkyl or cyclic N) is 1. The highest BCUT2D eigenvalue weighted by Gasteiger charge is 2.51. The summed E-state index contributed by atoms with van der Waals surface area (Å²) in [5.74, 6) is -1.67. The fourth-order valence-corrected chi connectivity index (χ4v) is 13.6. The fraction of sp³-hybridized carbons (Fsp3) is 0.526. The van der Waals surface area contributed by atoms with Crippen molar-refractivity contribution in [3.63, 3.8) is 0 Å². The SMILES string of the molecule is Cn1c(=O)n(C2CCC(=O)NC2=O)c2ccc(C3CCN(CC4(F)CCN(C(=O)OC[C@@H]5CC[C@]6(COc7nc(N8CCC[C@@](C)(O)C8)c8cnc(-c9cc(O)cc%10ccc(F)cc9%10)c(F)c8n7)CCCN56)CC4)CC3)cc21. The summed E-state index contributed by atoms with van der Waals surface area (Å²) in [6.45, 7) is 5.87. The lowest BCUT2D eigenvalue weighted by Crippen LogP contribution is -2.51. The van der Waals surface area contributed by atoms with Gasteiger partial charge < -0.3 is 34.4 Å². The zero-order chi connectivity index (χ0) is 54.3. The molecule has 0 aliphatic carbocycles. The number of hydrogen-bond acceptors (Lipinski definition) is 14. The van der Waals surface area contributed by atoms with Crippen LogP contribution in [0.25, 0.3) is 44.0 Å². The molecule has 3 aromatic carbocycles. The van der Waals surface area contributed by atoms with Crippen LogP contribution in [0.5, 0.6) is 11.8 Å². The number of aromatic hydroxyl groups is 1. The number of imidazole rings is 1. The number of aliphatic hydroxyl groups is 1. The first-order chi connectivity index (χ1) is 37.4. The van der Waals surface area contributed by atoms with Crippen molar-refractivity contribution in [2.75, 3.05) is 70.5 Å². The number of carbonyl (C=O) groups is 3. The Morgan fingerprint density at radius 3 is 2.45 bits per heavy atom. The number of alkyl halides is 1. The molecule has 0 bridgehead atoms. The predicted molar refractivity (Wildman–Crippen MR) is 284 cm³/mol. The molecule has 6 aromatic rings. The van der Waals surface area contributed by atoms with Gasteiger partial charge in [0.1, 0.15) is 53.5 Å². The van der Waals surface area contributed by atoms with Crippen molar-refractivity contribution < 1.29 is 47.2 Å². The highest BCUT2D eigenvalue weighted by Crippen LogP contribution is 2.44. The molecule has 3 aromatic heterocycles. The lowest BCUT2D eigenvalue weighted by molar-refractivity contribution is -0.135. The first-order valence-corrected chi connectivity index (χ1v) is 27.5. The van der Waals surface area contributed by atoms with Gasteiger partial charge >= 0.3 is 17.8 Å². The van der Waals surface area contributed by atoms with Crippen LogP contribution < -0.4 is 20.6 Å². The standard InChI is InChI=1S/C57H65F3N10O8/c1-55(76)14-3-19-68(31-55)50-42-29-61-48(41-28-39(71)25-36-5-7-37(58)27-40(36)41)47(59)49(42)63-52(64-50)78-33-57-15-4-20-69(57)38(11-16-57)30-77-54(75)67-23-17-56(60,18-24-67)32-66-21-12-34(13-22-66)35-6-8-43-45(26-35)65(2)53(74)70(43)44-9-10-46(72)62-51(44)73/h5-8,25-29,34,38,44,71,76H,3-4,9-24,30-33H2,1-2H3,(H,62,72,73)/t38-,44?,55+,57-/m0/s1. The Hall–Kier alpha value is -6.84. The van der Waals surface area contributed by atoms with E-state index in [1.165, 1.54) is 41.1 Å². The third kappa shape index (κ3) is 9.68. The van der Waals surface area contributed by atoms with E-state index < -0.39 is 46.5 Å². The van der Waals surface area contributed by atoms with Crippen molar-refractivity contribution in [3.05, 3.63) is 82.4 Å². The summed E-state index contributed by atoms with van der Waals surface area (Å²) in [5, 5.41) is 25.3. The second-order valence-electron chi connectivity index (χ2n) is 23.1. The second kappa shape index (κ2) is 20.1. The maximum atomic E-state index is 17.0. The number of rotatable bonds is 11. The van der Waals surface area contributed by atoms with Gasteiger partial charge in [0.15, 0.2) is 5.82 Å².